The molecule has 0 radical (unpaired) electrons. The lowest BCUT2D eigenvalue weighted by Gasteiger charge is -2.32. The van der Waals surface area contributed by atoms with E-state index in [1.54, 1.807) is 7.11 Å². The number of likely N-dealkylation sites (N-methyl/N-ethyl adjacent to an activating group) is 1. The summed E-state index contributed by atoms with van der Waals surface area (Å²) >= 11 is 1.52. The van der Waals surface area contributed by atoms with Crippen molar-refractivity contribution in [2.45, 2.75) is 6.42 Å². The van der Waals surface area contributed by atoms with Crippen molar-refractivity contribution in [3.05, 3.63) is 45.9 Å². The quantitative estimate of drug-likeness (QED) is 0.892. The van der Waals surface area contributed by atoms with Gasteiger partial charge in [0.1, 0.15) is 11.4 Å². The van der Waals surface area contributed by atoms with Gasteiger partial charge in [0.2, 0.25) is 0 Å². The summed E-state index contributed by atoms with van der Waals surface area (Å²) in [6.07, 6.45) is 0.719. The number of nitrogens with one attached hydrogen (secondary N) is 1. The number of amides is 1. The van der Waals surface area contributed by atoms with Gasteiger partial charge in [0, 0.05) is 38.0 Å². The van der Waals surface area contributed by atoms with Crippen LogP contribution in [-0.4, -0.2) is 61.1 Å². The van der Waals surface area contributed by atoms with Gasteiger partial charge in [0.05, 0.1) is 12.1 Å². The Balaban J connectivity index is 1.57. The van der Waals surface area contributed by atoms with E-state index < -0.39 is 0 Å². The maximum Gasteiger partial charge on any atom is 0.285 e. The summed E-state index contributed by atoms with van der Waals surface area (Å²) in [5.74, 6) is 0.710. The van der Waals surface area contributed by atoms with Crippen LogP contribution in [0.2, 0.25) is 0 Å². The third kappa shape index (κ3) is 4.31. The molecule has 0 atom stereocenters. The van der Waals surface area contributed by atoms with Gasteiger partial charge in [-0.1, -0.05) is 12.1 Å². The van der Waals surface area contributed by atoms with Gasteiger partial charge in [-0.05, 0) is 24.7 Å². The lowest BCUT2D eigenvalue weighted by atomic mass is 10.1. The SMILES string of the molecule is COc1ccc(Cc2nc(C(=O)NN3CCN(C)CC3)cs2)cc1. The summed E-state index contributed by atoms with van der Waals surface area (Å²) in [6.45, 7) is 3.59. The van der Waals surface area contributed by atoms with Crippen molar-refractivity contribution in [3.63, 3.8) is 0 Å². The molecule has 2 aromatic rings. The molecule has 0 spiro atoms. The fourth-order valence-corrected chi connectivity index (χ4v) is 3.34. The van der Waals surface area contributed by atoms with Crippen LogP contribution in [0.3, 0.4) is 0 Å². The highest BCUT2D eigenvalue weighted by Crippen LogP contribution is 2.17. The van der Waals surface area contributed by atoms with E-state index in [-0.39, 0.29) is 5.91 Å². The molecule has 128 valence electrons. The number of carbonyl (C=O) groups excluding carboxylic acids is 1. The smallest absolute Gasteiger partial charge is 0.285 e. The zero-order valence-electron chi connectivity index (χ0n) is 14.0. The van der Waals surface area contributed by atoms with E-state index in [1.807, 2.05) is 34.7 Å². The molecule has 0 bridgehead atoms. The van der Waals surface area contributed by atoms with Gasteiger partial charge in [-0.3, -0.25) is 10.2 Å². The van der Waals surface area contributed by atoms with Crippen LogP contribution in [0.1, 0.15) is 21.1 Å². The van der Waals surface area contributed by atoms with E-state index in [2.05, 4.69) is 22.4 Å². The van der Waals surface area contributed by atoms with E-state index in [4.69, 9.17) is 4.74 Å². The second-order valence-electron chi connectivity index (χ2n) is 5.88. The number of methoxy groups -OCH3 is 1. The first-order chi connectivity index (χ1) is 11.6. The molecule has 6 nitrogen and oxygen atoms in total. The van der Waals surface area contributed by atoms with Gasteiger partial charge >= 0.3 is 0 Å². The summed E-state index contributed by atoms with van der Waals surface area (Å²) in [4.78, 5) is 19.0. The van der Waals surface area contributed by atoms with E-state index >= 15 is 0 Å². The predicted molar refractivity (Wildman–Crippen MR) is 94.5 cm³/mol. The summed E-state index contributed by atoms with van der Waals surface area (Å²) in [7, 11) is 3.74. The topological polar surface area (TPSA) is 57.7 Å². The number of piperazine rings is 1. The van der Waals surface area contributed by atoms with Crippen molar-refractivity contribution < 1.29 is 9.53 Å². The zero-order valence-corrected chi connectivity index (χ0v) is 14.8. The highest BCUT2D eigenvalue weighted by molar-refractivity contribution is 7.09. The number of ether oxygens (including phenoxy) is 1. The van der Waals surface area contributed by atoms with Crippen LogP contribution in [0.25, 0.3) is 0 Å². The molecular weight excluding hydrogens is 324 g/mol. The molecule has 1 N–H and O–H groups in total. The summed E-state index contributed by atoms with van der Waals surface area (Å²) in [5.41, 5.74) is 4.58. The van der Waals surface area contributed by atoms with Crippen LogP contribution in [0, 0.1) is 0 Å². The molecule has 1 amide bonds. The van der Waals surface area contributed by atoms with Crippen LogP contribution in [0.4, 0.5) is 0 Å². The maximum absolute atomic E-state index is 12.3. The first-order valence-electron chi connectivity index (χ1n) is 7.96. The third-order valence-corrected chi connectivity index (χ3v) is 4.91. The van der Waals surface area contributed by atoms with Crippen molar-refractivity contribution >= 4 is 17.2 Å². The van der Waals surface area contributed by atoms with Gasteiger partial charge in [0.25, 0.3) is 5.91 Å². The van der Waals surface area contributed by atoms with Crippen molar-refractivity contribution in [1.29, 1.82) is 0 Å². The number of aromatic nitrogens is 1. The molecule has 1 aliphatic heterocycles. The van der Waals surface area contributed by atoms with Crippen LogP contribution in [0.15, 0.2) is 29.6 Å². The standard InChI is InChI=1S/C17H22N4O2S/c1-20-7-9-21(10-8-20)19-17(22)15-12-24-16(18-15)11-13-3-5-14(23-2)6-4-13/h3-6,12H,7-11H2,1-2H3,(H,19,22). The maximum atomic E-state index is 12.3. The Morgan fingerprint density at radius 1 is 1.25 bits per heavy atom. The number of carbonyl (C=O) groups is 1. The molecule has 1 aliphatic rings. The highest BCUT2D eigenvalue weighted by Gasteiger charge is 2.18. The fourth-order valence-electron chi connectivity index (χ4n) is 2.53. The van der Waals surface area contributed by atoms with Crippen LogP contribution in [-0.2, 0) is 6.42 Å². The third-order valence-electron chi connectivity index (χ3n) is 4.06. The second-order valence-corrected chi connectivity index (χ2v) is 6.83. The van der Waals surface area contributed by atoms with Gasteiger partial charge in [-0.15, -0.1) is 11.3 Å². The van der Waals surface area contributed by atoms with Crippen molar-refractivity contribution in [2.24, 2.45) is 0 Å². The molecule has 1 fully saturated rings. The monoisotopic (exact) mass is 346 g/mol. The van der Waals surface area contributed by atoms with Gasteiger partial charge in [-0.2, -0.15) is 0 Å². The van der Waals surface area contributed by atoms with Crippen molar-refractivity contribution in [1.82, 2.24) is 20.3 Å². The number of hydrogen-bond acceptors (Lipinski definition) is 6. The minimum Gasteiger partial charge on any atom is -0.497 e. The first kappa shape index (κ1) is 16.9. The lowest BCUT2D eigenvalue weighted by Crippen LogP contribution is -2.52. The molecule has 0 saturated carbocycles. The molecule has 1 aromatic carbocycles. The van der Waals surface area contributed by atoms with Gasteiger partial charge in [-0.25, -0.2) is 9.99 Å². The largest absolute Gasteiger partial charge is 0.497 e. The number of rotatable bonds is 5. The van der Waals surface area contributed by atoms with E-state index in [9.17, 15) is 4.79 Å². The van der Waals surface area contributed by atoms with Gasteiger partial charge in [0.15, 0.2) is 0 Å². The van der Waals surface area contributed by atoms with Crippen LogP contribution >= 0.6 is 11.3 Å². The number of thiazole rings is 1. The Bertz CT molecular complexity index is 678. The summed E-state index contributed by atoms with van der Waals surface area (Å²) < 4.78 is 5.16. The van der Waals surface area contributed by atoms with Crippen molar-refractivity contribution in [3.8, 4) is 5.75 Å². The number of hydrogen-bond donors (Lipinski definition) is 1. The van der Waals surface area contributed by atoms with Crippen LogP contribution in [0.5, 0.6) is 5.75 Å². The zero-order chi connectivity index (χ0) is 16.9. The number of benzene rings is 1. The fraction of sp³-hybridized carbons (Fsp3) is 0.412. The van der Waals surface area contributed by atoms with Crippen LogP contribution < -0.4 is 10.2 Å². The van der Waals surface area contributed by atoms with E-state index in [1.165, 1.54) is 11.3 Å². The Morgan fingerprint density at radius 3 is 2.62 bits per heavy atom. The second kappa shape index (κ2) is 7.74. The average Bonchev–Trinajstić information content (AvgIpc) is 3.06. The lowest BCUT2D eigenvalue weighted by molar-refractivity contribution is 0.0658. The number of hydrazine groups is 1. The van der Waals surface area contributed by atoms with E-state index in [0.29, 0.717) is 5.69 Å². The highest BCUT2D eigenvalue weighted by atomic mass is 32.1. The molecule has 1 aromatic heterocycles. The Hall–Kier alpha value is -1.96. The van der Waals surface area contributed by atoms with E-state index in [0.717, 1.165) is 48.9 Å². The summed E-state index contributed by atoms with van der Waals surface area (Å²) in [6, 6.07) is 7.91. The van der Waals surface area contributed by atoms with Crippen molar-refractivity contribution in [2.75, 3.05) is 40.3 Å². The molecule has 24 heavy (non-hydrogen) atoms. The Morgan fingerprint density at radius 2 is 1.96 bits per heavy atom. The molecular formula is C17H22N4O2S. The average molecular weight is 346 g/mol. The summed E-state index contributed by atoms with van der Waals surface area (Å²) in [5, 5.41) is 4.72. The van der Waals surface area contributed by atoms with Gasteiger partial charge < -0.3 is 9.64 Å². The minimum absolute atomic E-state index is 0.128. The molecule has 7 heteroatoms. The molecule has 1 saturated heterocycles. The molecule has 3 rings (SSSR count). The molecule has 0 aliphatic carbocycles. The Labute approximate surface area is 146 Å². The first-order valence-corrected chi connectivity index (χ1v) is 8.84. The predicted octanol–water partition coefficient (Wildman–Crippen LogP) is 1.63. The number of nitrogens with zero attached hydrogens (tertiary/aromatic N) is 3. The minimum atomic E-state index is -0.128. The molecule has 2 heterocycles. The normalized spacial score (nSPS) is 16.1. The molecule has 0 unspecified atom stereocenters. The Kier molecular flexibility index (Phi) is 5.44.